The van der Waals surface area contributed by atoms with Gasteiger partial charge in [0.2, 0.25) is 0 Å². The molecule has 2 N–H and O–H groups in total. The van der Waals surface area contributed by atoms with Gasteiger partial charge in [-0.3, -0.25) is 0 Å². The molecule has 1 heterocycles. The molecule has 0 saturated carbocycles. The van der Waals surface area contributed by atoms with Crippen molar-refractivity contribution in [3.8, 4) is 0 Å². The Labute approximate surface area is 79.1 Å². The second kappa shape index (κ2) is 5.84. The summed E-state index contributed by atoms with van der Waals surface area (Å²) in [5, 5.41) is 13.0. The minimum Gasteiger partial charge on any atom is -0.396 e. The lowest BCUT2D eigenvalue weighted by Gasteiger charge is -2.12. The summed E-state index contributed by atoms with van der Waals surface area (Å²) >= 11 is 2.08. The van der Waals surface area contributed by atoms with E-state index in [2.05, 4.69) is 24.0 Å². The summed E-state index contributed by atoms with van der Waals surface area (Å²) in [5.41, 5.74) is 0. The Bertz CT molecular complexity index is 115. The van der Waals surface area contributed by atoms with Crippen LogP contribution in [0, 0.1) is 5.92 Å². The van der Waals surface area contributed by atoms with Gasteiger partial charge in [-0.1, -0.05) is 6.92 Å². The van der Waals surface area contributed by atoms with E-state index in [-0.39, 0.29) is 0 Å². The van der Waals surface area contributed by atoms with Gasteiger partial charge < -0.3 is 10.4 Å². The SMILES string of the molecule is CC(CO)CNCC1CCCS1. The van der Waals surface area contributed by atoms with Gasteiger partial charge in [-0.05, 0) is 31.1 Å². The molecular formula is C9H19NOS. The second-order valence-electron chi connectivity index (χ2n) is 3.58. The van der Waals surface area contributed by atoms with E-state index in [1.807, 2.05) is 0 Å². The van der Waals surface area contributed by atoms with Crippen LogP contribution in [0.25, 0.3) is 0 Å². The zero-order valence-corrected chi connectivity index (χ0v) is 8.57. The molecule has 0 aromatic carbocycles. The van der Waals surface area contributed by atoms with Gasteiger partial charge in [0.15, 0.2) is 0 Å². The fraction of sp³-hybridized carbons (Fsp3) is 1.00. The molecule has 72 valence electrons. The van der Waals surface area contributed by atoms with Gasteiger partial charge in [0.05, 0.1) is 0 Å². The largest absolute Gasteiger partial charge is 0.396 e. The van der Waals surface area contributed by atoms with Gasteiger partial charge >= 0.3 is 0 Å². The highest BCUT2D eigenvalue weighted by Crippen LogP contribution is 2.25. The fourth-order valence-electron chi connectivity index (χ4n) is 1.36. The summed E-state index contributed by atoms with van der Waals surface area (Å²) < 4.78 is 0. The number of hydrogen-bond acceptors (Lipinski definition) is 3. The van der Waals surface area contributed by atoms with Crippen LogP contribution in [0.3, 0.4) is 0 Å². The van der Waals surface area contributed by atoms with Crippen LogP contribution in [-0.4, -0.2) is 35.8 Å². The number of aliphatic hydroxyl groups excluding tert-OH is 1. The standard InChI is InChI=1S/C9H19NOS/c1-8(7-11)5-10-6-9-3-2-4-12-9/h8-11H,2-7H2,1H3. The first-order valence-corrected chi connectivity index (χ1v) is 5.81. The average molecular weight is 189 g/mol. The summed E-state index contributed by atoms with van der Waals surface area (Å²) in [7, 11) is 0. The summed E-state index contributed by atoms with van der Waals surface area (Å²) in [6.45, 7) is 4.43. The van der Waals surface area contributed by atoms with Crippen LogP contribution in [-0.2, 0) is 0 Å². The Morgan fingerprint density at radius 1 is 1.67 bits per heavy atom. The van der Waals surface area contributed by atoms with Crippen molar-refractivity contribution in [2.75, 3.05) is 25.4 Å². The number of thioether (sulfide) groups is 1. The quantitative estimate of drug-likeness (QED) is 0.679. The van der Waals surface area contributed by atoms with Crippen molar-refractivity contribution in [1.29, 1.82) is 0 Å². The Kier molecular flexibility index (Phi) is 5.04. The fourth-order valence-corrected chi connectivity index (χ4v) is 2.60. The highest BCUT2D eigenvalue weighted by atomic mass is 32.2. The summed E-state index contributed by atoms with van der Waals surface area (Å²) in [4.78, 5) is 0. The van der Waals surface area contributed by atoms with Crippen molar-refractivity contribution >= 4 is 11.8 Å². The lowest BCUT2D eigenvalue weighted by Crippen LogP contribution is -2.28. The van der Waals surface area contributed by atoms with Gasteiger partial charge in [0, 0.05) is 18.4 Å². The first-order valence-electron chi connectivity index (χ1n) is 4.76. The molecule has 0 bridgehead atoms. The molecule has 1 aliphatic rings. The third kappa shape index (κ3) is 3.78. The van der Waals surface area contributed by atoms with Crippen molar-refractivity contribution in [2.45, 2.75) is 25.0 Å². The third-order valence-electron chi connectivity index (χ3n) is 2.20. The number of nitrogens with one attached hydrogen (secondary N) is 1. The Morgan fingerprint density at radius 3 is 3.08 bits per heavy atom. The first-order chi connectivity index (χ1) is 5.83. The van der Waals surface area contributed by atoms with E-state index in [0.29, 0.717) is 12.5 Å². The van der Waals surface area contributed by atoms with Crippen LogP contribution in [0.5, 0.6) is 0 Å². The predicted octanol–water partition coefficient (Wildman–Crippen LogP) is 1.10. The number of hydrogen-bond donors (Lipinski definition) is 2. The molecular weight excluding hydrogens is 170 g/mol. The van der Waals surface area contributed by atoms with Crippen LogP contribution < -0.4 is 5.32 Å². The molecule has 2 atom stereocenters. The van der Waals surface area contributed by atoms with Crippen LogP contribution >= 0.6 is 11.8 Å². The van der Waals surface area contributed by atoms with E-state index < -0.39 is 0 Å². The van der Waals surface area contributed by atoms with Gasteiger partial charge in [-0.25, -0.2) is 0 Å². The zero-order chi connectivity index (χ0) is 8.81. The zero-order valence-electron chi connectivity index (χ0n) is 7.75. The molecule has 0 aromatic rings. The Morgan fingerprint density at radius 2 is 2.50 bits per heavy atom. The van der Waals surface area contributed by atoms with Crippen molar-refractivity contribution in [3.05, 3.63) is 0 Å². The average Bonchev–Trinajstić information content (AvgIpc) is 2.57. The minimum atomic E-state index is 0.296. The van der Waals surface area contributed by atoms with Gasteiger partial charge in [-0.2, -0.15) is 11.8 Å². The van der Waals surface area contributed by atoms with Crippen LogP contribution in [0.4, 0.5) is 0 Å². The minimum absolute atomic E-state index is 0.296. The van der Waals surface area contributed by atoms with E-state index in [1.165, 1.54) is 18.6 Å². The van der Waals surface area contributed by atoms with Gasteiger partial charge in [0.1, 0.15) is 0 Å². The Balaban J connectivity index is 1.94. The monoisotopic (exact) mass is 189 g/mol. The molecule has 0 radical (unpaired) electrons. The normalized spacial score (nSPS) is 26.0. The van der Waals surface area contributed by atoms with Crippen molar-refractivity contribution in [2.24, 2.45) is 5.92 Å². The lowest BCUT2D eigenvalue weighted by molar-refractivity contribution is 0.234. The molecule has 1 rings (SSSR count). The molecule has 0 aliphatic carbocycles. The molecule has 1 saturated heterocycles. The van der Waals surface area contributed by atoms with Crippen LogP contribution in [0.15, 0.2) is 0 Å². The molecule has 0 spiro atoms. The molecule has 1 fully saturated rings. The first kappa shape index (κ1) is 10.4. The molecule has 12 heavy (non-hydrogen) atoms. The molecule has 1 aliphatic heterocycles. The smallest absolute Gasteiger partial charge is 0.0468 e. The summed E-state index contributed by atoms with van der Waals surface area (Å²) in [6.07, 6.45) is 2.75. The molecule has 0 amide bonds. The second-order valence-corrected chi connectivity index (χ2v) is 4.99. The Hall–Kier alpha value is 0.270. The molecule has 0 aromatic heterocycles. The number of aliphatic hydroxyl groups is 1. The maximum absolute atomic E-state index is 8.78. The summed E-state index contributed by atoms with van der Waals surface area (Å²) in [5.74, 6) is 1.73. The lowest BCUT2D eigenvalue weighted by atomic mass is 10.2. The van der Waals surface area contributed by atoms with Crippen LogP contribution in [0.1, 0.15) is 19.8 Å². The number of rotatable bonds is 5. The maximum atomic E-state index is 8.78. The van der Waals surface area contributed by atoms with Gasteiger partial charge in [-0.15, -0.1) is 0 Å². The predicted molar refractivity (Wildman–Crippen MR) is 54.6 cm³/mol. The van der Waals surface area contributed by atoms with Crippen molar-refractivity contribution < 1.29 is 5.11 Å². The molecule has 2 unspecified atom stereocenters. The highest BCUT2D eigenvalue weighted by Gasteiger charge is 2.14. The van der Waals surface area contributed by atoms with E-state index in [9.17, 15) is 0 Å². The van der Waals surface area contributed by atoms with E-state index in [1.54, 1.807) is 0 Å². The molecule has 3 heteroatoms. The van der Waals surface area contributed by atoms with Crippen molar-refractivity contribution in [1.82, 2.24) is 5.32 Å². The van der Waals surface area contributed by atoms with Crippen LogP contribution in [0.2, 0.25) is 0 Å². The van der Waals surface area contributed by atoms with Crippen molar-refractivity contribution in [3.63, 3.8) is 0 Å². The maximum Gasteiger partial charge on any atom is 0.0468 e. The molecule has 2 nitrogen and oxygen atoms in total. The summed E-state index contributed by atoms with van der Waals surface area (Å²) in [6, 6.07) is 0. The van der Waals surface area contributed by atoms with E-state index in [0.717, 1.165) is 18.3 Å². The topological polar surface area (TPSA) is 32.3 Å². The van der Waals surface area contributed by atoms with E-state index >= 15 is 0 Å². The third-order valence-corrected chi connectivity index (χ3v) is 3.60. The van der Waals surface area contributed by atoms with Gasteiger partial charge in [0.25, 0.3) is 0 Å². The highest BCUT2D eigenvalue weighted by molar-refractivity contribution is 8.00. The van der Waals surface area contributed by atoms with E-state index in [4.69, 9.17) is 5.11 Å².